The molecular weight excluding hydrogens is 232 g/mol. The van der Waals surface area contributed by atoms with Crippen molar-refractivity contribution < 1.29 is 9.90 Å². The molecule has 0 bridgehead atoms. The van der Waals surface area contributed by atoms with Crippen LogP contribution in [0.1, 0.15) is 57.7 Å². The molecule has 1 saturated carbocycles. The lowest BCUT2D eigenvalue weighted by Crippen LogP contribution is -2.26. The van der Waals surface area contributed by atoms with Gasteiger partial charge >= 0.3 is 5.97 Å². The SMILES string of the molecule is CCC1(c2nnnn2CCCC(=O)O)CCCC1. The summed E-state index contributed by atoms with van der Waals surface area (Å²) in [6.45, 7) is 2.78. The summed E-state index contributed by atoms with van der Waals surface area (Å²) in [4.78, 5) is 10.5. The maximum Gasteiger partial charge on any atom is 0.303 e. The molecule has 1 aliphatic rings. The number of tetrazole rings is 1. The zero-order valence-corrected chi connectivity index (χ0v) is 10.8. The number of carboxylic acid groups (broad SMARTS) is 1. The Morgan fingerprint density at radius 3 is 2.78 bits per heavy atom. The largest absolute Gasteiger partial charge is 0.481 e. The molecule has 0 radical (unpaired) electrons. The van der Waals surface area contributed by atoms with Gasteiger partial charge in [0.1, 0.15) is 0 Å². The summed E-state index contributed by atoms with van der Waals surface area (Å²) in [5.41, 5.74) is 0.118. The van der Waals surface area contributed by atoms with Crippen molar-refractivity contribution in [1.82, 2.24) is 20.2 Å². The van der Waals surface area contributed by atoms with Crippen LogP contribution in [-0.4, -0.2) is 31.3 Å². The smallest absolute Gasteiger partial charge is 0.303 e. The molecule has 100 valence electrons. The highest BCUT2D eigenvalue weighted by Gasteiger charge is 2.38. The number of rotatable bonds is 6. The molecule has 0 unspecified atom stereocenters. The van der Waals surface area contributed by atoms with E-state index < -0.39 is 5.97 Å². The van der Waals surface area contributed by atoms with Crippen molar-refractivity contribution in [3.05, 3.63) is 5.82 Å². The number of hydrogen-bond donors (Lipinski definition) is 1. The first kappa shape index (κ1) is 13.0. The van der Waals surface area contributed by atoms with Gasteiger partial charge in [-0.15, -0.1) is 5.10 Å². The van der Waals surface area contributed by atoms with Crippen LogP contribution in [0.25, 0.3) is 0 Å². The summed E-state index contributed by atoms with van der Waals surface area (Å²) in [5, 5.41) is 20.6. The van der Waals surface area contributed by atoms with E-state index in [1.807, 2.05) is 0 Å². The fourth-order valence-electron chi connectivity index (χ4n) is 2.90. The number of aryl methyl sites for hydroxylation is 1. The molecule has 1 aromatic heterocycles. The monoisotopic (exact) mass is 252 g/mol. The second-order valence-electron chi connectivity index (χ2n) is 5.06. The Labute approximate surface area is 106 Å². The van der Waals surface area contributed by atoms with Gasteiger partial charge in [-0.25, -0.2) is 4.68 Å². The minimum Gasteiger partial charge on any atom is -0.481 e. The molecule has 1 N–H and O–H groups in total. The maximum atomic E-state index is 10.5. The molecule has 0 atom stereocenters. The number of hydrogen-bond acceptors (Lipinski definition) is 4. The molecule has 6 nitrogen and oxygen atoms in total. The molecule has 1 aliphatic carbocycles. The average molecular weight is 252 g/mol. The van der Waals surface area contributed by atoms with Gasteiger partial charge in [-0.3, -0.25) is 4.79 Å². The first-order valence-corrected chi connectivity index (χ1v) is 6.66. The Balaban J connectivity index is 2.09. The molecule has 1 aromatic rings. The molecule has 0 aromatic carbocycles. The van der Waals surface area contributed by atoms with Crippen LogP contribution in [0, 0.1) is 0 Å². The Morgan fingerprint density at radius 2 is 2.17 bits per heavy atom. The minimum atomic E-state index is -0.768. The van der Waals surface area contributed by atoms with Gasteiger partial charge in [0, 0.05) is 18.4 Å². The summed E-state index contributed by atoms with van der Waals surface area (Å²) in [7, 11) is 0. The Bertz CT molecular complexity index is 410. The third kappa shape index (κ3) is 2.52. The summed E-state index contributed by atoms with van der Waals surface area (Å²) in [6.07, 6.45) is 6.54. The van der Waals surface area contributed by atoms with Gasteiger partial charge in [-0.1, -0.05) is 19.8 Å². The zero-order chi connectivity index (χ0) is 13.0. The number of aromatic nitrogens is 4. The van der Waals surface area contributed by atoms with E-state index in [9.17, 15) is 4.79 Å². The van der Waals surface area contributed by atoms with Gasteiger partial charge < -0.3 is 5.11 Å². The fourth-order valence-corrected chi connectivity index (χ4v) is 2.90. The average Bonchev–Trinajstić information content (AvgIpc) is 2.96. The van der Waals surface area contributed by atoms with E-state index in [-0.39, 0.29) is 11.8 Å². The zero-order valence-electron chi connectivity index (χ0n) is 10.8. The van der Waals surface area contributed by atoms with E-state index in [4.69, 9.17) is 5.11 Å². The van der Waals surface area contributed by atoms with Crippen LogP contribution in [-0.2, 0) is 16.8 Å². The number of nitrogens with zero attached hydrogens (tertiary/aromatic N) is 4. The predicted molar refractivity (Wildman–Crippen MR) is 65.1 cm³/mol. The number of carboxylic acids is 1. The Kier molecular flexibility index (Phi) is 3.93. The summed E-state index contributed by atoms with van der Waals surface area (Å²) in [6, 6.07) is 0. The molecule has 0 aliphatic heterocycles. The lowest BCUT2D eigenvalue weighted by Gasteiger charge is -2.25. The Hall–Kier alpha value is -1.46. The molecule has 0 spiro atoms. The van der Waals surface area contributed by atoms with Gasteiger partial charge in [-0.05, 0) is 36.1 Å². The summed E-state index contributed by atoms with van der Waals surface area (Å²) >= 11 is 0. The lowest BCUT2D eigenvalue weighted by atomic mass is 9.82. The highest BCUT2D eigenvalue weighted by atomic mass is 16.4. The molecule has 6 heteroatoms. The molecule has 2 rings (SSSR count). The quantitative estimate of drug-likeness (QED) is 0.834. The van der Waals surface area contributed by atoms with Crippen molar-refractivity contribution >= 4 is 5.97 Å². The molecule has 0 amide bonds. The minimum absolute atomic E-state index is 0.118. The molecule has 1 heterocycles. The van der Waals surface area contributed by atoms with Gasteiger partial charge in [0.25, 0.3) is 0 Å². The van der Waals surface area contributed by atoms with E-state index in [0.29, 0.717) is 13.0 Å². The number of aliphatic carboxylic acids is 1. The van der Waals surface area contributed by atoms with Crippen LogP contribution < -0.4 is 0 Å². The molecule has 0 saturated heterocycles. The van der Waals surface area contributed by atoms with Gasteiger partial charge in [0.15, 0.2) is 5.82 Å². The Morgan fingerprint density at radius 1 is 1.44 bits per heavy atom. The van der Waals surface area contributed by atoms with Crippen LogP contribution >= 0.6 is 0 Å². The summed E-state index contributed by atoms with van der Waals surface area (Å²) < 4.78 is 1.80. The van der Waals surface area contributed by atoms with Crippen molar-refractivity contribution in [3.63, 3.8) is 0 Å². The highest BCUT2D eigenvalue weighted by Crippen LogP contribution is 2.42. The predicted octanol–water partition coefficient (Wildman–Crippen LogP) is 1.76. The molecule has 18 heavy (non-hydrogen) atoms. The van der Waals surface area contributed by atoms with Crippen LogP contribution in [0.5, 0.6) is 0 Å². The normalized spacial score (nSPS) is 18.1. The van der Waals surface area contributed by atoms with E-state index >= 15 is 0 Å². The van der Waals surface area contributed by atoms with Crippen molar-refractivity contribution in [3.8, 4) is 0 Å². The third-order valence-corrected chi connectivity index (χ3v) is 4.00. The third-order valence-electron chi connectivity index (χ3n) is 4.00. The maximum absolute atomic E-state index is 10.5. The van der Waals surface area contributed by atoms with Crippen LogP contribution in [0.2, 0.25) is 0 Å². The van der Waals surface area contributed by atoms with Crippen molar-refractivity contribution in [2.24, 2.45) is 0 Å². The van der Waals surface area contributed by atoms with E-state index in [1.165, 1.54) is 12.8 Å². The second kappa shape index (κ2) is 5.46. The standard InChI is InChI=1S/C12H20N4O2/c1-2-12(7-3-4-8-12)11-13-14-15-16(11)9-5-6-10(17)18/h2-9H2,1H3,(H,17,18). The van der Waals surface area contributed by atoms with Crippen molar-refractivity contribution in [1.29, 1.82) is 0 Å². The van der Waals surface area contributed by atoms with Gasteiger partial charge in [0.2, 0.25) is 0 Å². The molecule has 1 fully saturated rings. The van der Waals surface area contributed by atoms with Crippen LogP contribution in [0.15, 0.2) is 0 Å². The highest BCUT2D eigenvalue weighted by molar-refractivity contribution is 5.66. The van der Waals surface area contributed by atoms with Gasteiger partial charge in [0.05, 0.1) is 0 Å². The van der Waals surface area contributed by atoms with E-state index in [2.05, 4.69) is 22.4 Å². The van der Waals surface area contributed by atoms with Crippen LogP contribution in [0.3, 0.4) is 0 Å². The molecular formula is C12H20N4O2. The fraction of sp³-hybridized carbons (Fsp3) is 0.833. The topological polar surface area (TPSA) is 80.9 Å². The second-order valence-corrected chi connectivity index (χ2v) is 5.06. The van der Waals surface area contributed by atoms with E-state index in [1.54, 1.807) is 4.68 Å². The lowest BCUT2D eigenvalue weighted by molar-refractivity contribution is -0.137. The van der Waals surface area contributed by atoms with Crippen LogP contribution in [0.4, 0.5) is 0 Å². The first-order valence-electron chi connectivity index (χ1n) is 6.66. The number of carbonyl (C=O) groups is 1. The summed E-state index contributed by atoms with van der Waals surface area (Å²) in [5.74, 6) is 0.184. The van der Waals surface area contributed by atoms with Crippen molar-refractivity contribution in [2.75, 3.05) is 0 Å². The van der Waals surface area contributed by atoms with Gasteiger partial charge in [-0.2, -0.15) is 0 Å². The van der Waals surface area contributed by atoms with E-state index in [0.717, 1.165) is 25.1 Å². The first-order chi connectivity index (χ1) is 8.68. The van der Waals surface area contributed by atoms with Crippen molar-refractivity contribution in [2.45, 2.75) is 63.8 Å².